The molecule has 0 aromatic carbocycles. The summed E-state index contributed by atoms with van der Waals surface area (Å²) in [5.74, 6) is -1.48. The van der Waals surface area contributed by atoms with E-state index in [0.29, 0.717) is 0 Å². The van der Waals surface area contributed by atoms with E-state index >= 15 is 0 Å². The van der Waals surface area contributed by atoms with E-state index < -0.39 is 17.7 Å². The molecule has 1 aliphatic heterocycles. The van der Waals surface area contributed by atoms with Gasteiger partial charge in [0.05, 0.1) is 13.5 Å². The fourth-order valence-corrected chi connectivity index (χ4v) is 0.718. The van der Waals surface area contributed by atoms with E-state index in [4.69, 9.17) is 0 Å². The Kier molecular flexibility index (Phi) is 5.21. The first-order chi connectivity index (χ1) is 6.51. The molecule has 0 radical (unpaired) electrons. The number of methoxy groups -OCH3 is 1. The lowest BCUT2D eigenvalue weighted by Crippen LogP contribution is -2.04. The van der Waals surface area contributed by atoms with Crippen LogP contribution < -0.4 is 0 Å². The quantitative estimate of drug-likeness (QED) is 0.344. The summed E-state index contributed by atoms with van der Waals surface area (Å²) in [5.41, 5.74) is 0. The van der Waals surface area contributed by atoms with Crippen LogP contribution >= 0.6 is 0 Å². The van der Waals surface area contributed by atoms with E-state index in [1.165, 1.54) is 7.11 Å². The van der Waals surface area contributed by atoms with Gasteiger partial charge in [-0.25, -0.2) is 9.59 Å². The summed E-state index contributed by atoms with van der Waals surface area (Å²) in [5, 5.41) is 0. The van der Waals surface area contributed by atoms with Crippen molar-refractivity contribution in [3.05, 3.63) is 12.7 Å². The van der Waals surface area contributed by atoms with Gasteiger partial charge in [-0.3, -0.25) is 4.79 Å². The Labute approximate surface area is 81.7 Å². The van der Waals surface area contributed by atoms with E-state index in [1.807, 2.05) is 0 Å². The number of esters is 2. The molecular formula is C9H12O5. The van der Waals surface area contributed by atoms with Crippen LogP contribution in [0, 0.1) is 0 Å². The Balaban J connectivity index is 0.000000255. The molecule has 0 aromatic heterocycles. The first-order valence-corrected chi connectivity index (χ1v) is 3.95. The van der Waals surface area contributed by atoms with Crippen LogP contribution in [0.5, 0.6) is 0 Å². The van der Waals surface area contributed by atoms with Crippen LogP contribution in [-0.2, 0) is 23.9 Å². The number of ketones is 1. The molecular weight excluding hydrogens is 188 g/mol. The van der Waals surface area contributed by atoms with Gasteiger partial charge in [0.1, 0.15) is 6.10 Å². The number of rotatable bonds is 1. The summed E-state index contributed by atoms with van der Waals surface area (Å²) >= 11 is 0. The largest absolute Gasteiger partial charge is 0.466 e. The Morgan fingerprint density at radius 2 is 2.21 bits per heavy atom. The number of carbonyl (C=O) groups is 3. The summed E-state index contributed by atoms with van der Waals surface area (Å²) < 4.78 is 8.63. The number of hydrogen-bond donors (Lipinski definition) is 0. The Morgan fingerprint density at radius 1 is 1.64 bits per heavy atom. The smallest absolute Gasteiger partial charge is 0.375 e. The van der Waals surface area contributed by atoms with E-state index in [2.05, 4.69) is 16.1 Å². The highest BCUT2D eigenvalue weighted by atomic mass is 16.6. The zero-order valence-electron chi connectivity index (χ0n) is 8.11. The SMILES string of the molecule is C=CC(=O)OC.CC1CC(=O)C(=O)O1. The van der Waals surface area contributed by atoms with Crippen molar-refractivity contribution in [3.8, 4) is 0 Å². The van der Waals surface area contributed by atoms with Crippen LogP contribution in [0.3, 0.4) is 0 Å². The summed E-state index contributed by atoms with van der Waals surface area (Å²) in [7, 11) is 1.31. The van der Waals surface area contributed by atoms with Crippen molar-refractivity contribution in [2.45, 2.75) is 19.4 Å². The second-order valence-electron chi connectivity index (χ2n) is 2.57. The molecule has 1 unspecified atom stereocenters. The number of cyclic esters (lactones) is 1. The van der Waals surface area contributed by atoms with Crippen molar-refractivity contribution in [1.29, 1.82) is 0 Å². The molecule has 5 nitrogen and oxygen atoms in total. The molecule has 5 heteroatoms. The lowest BCUT2D eigenvalue weighted by atomic mass is 10.2. The Bertz CT molecular complexity index is 240. The molecule has 0 saturated carbocycles. The number of ether oxygens (including phenoxy) is 2. The predicted molar refractivity (Wildman–Crippen MR) is 47.4 cm³/mol. The lowest BCUT2D eigenvalue weighted by Gasteiger charge is -1.94. The maximum atomic E-state index is 10.3. The van der Waals surface area contributed by atoms with Gasteiger partial charge in [-0.1, -0.05) is 6.58 Å². The Hall–Kier alpha value is -1.65. The van der Waals surface area contributed by atoms with Gasteiger partial charge in [0, 0.05) is 6.08 Å². The lowest BCUT2D eigenvalue weighted by molar-refractivity contribution is -0.148. The van der Waals surface area contributed by atoms with Crippen molar-refractivity contribution in [2.24, 2.45) is 0 Å². The van der Waals surface area contributed by atoms with Gasteiger partial charge in [0.25, 0.3) is 0 Å². The molecule has 78 valence electrons. The van der Waals surface area contributed by atoms with Crippen LogP contribution in [0.2, 0.25) is 0 Å². The maximum absolute atomic E-state index is 10.3. The van der Waals surface area contributed by atoms with Crippen molar-refractivity contribution in [3.63, 3.8) is 0 Å². The summed E-state index contributed by atoms with van der Waals surface area (Å²) in [4.78, 5) is 30.4. The number of carbonyl (C=O) groups excluding carboxylic acids is 3. The fourth-order valence-electron chi connectivity index (χ4n) is 0.718. The van der Waals surface area contributed by atoms with Crippen LogP contribution in [-0.4, -0.2) is 30.9 Å². The molecule has 0 aliphatic carbocycles. The second kappa shape index (κ2) is 5.90. The predicted octanol–water partition coefficient (Wildman–Crippen LogP) is 0.236. The molecule has 14 heavy (non-hydrogen) atoms. The monoisotopic (exact) mass is 200 g/mol. The van der Waals surface area contributed by atoms with Gasteiger partial charge < -0.3 is 9.47 Å². The minimum absolute atomic E-state index is 0.199. The van der Waals surface area contributed by atoms with Crippen molar-refractivity contribution in [1.82, 2.24) is 0 Å². The summed E-state index contributed by atoms with van der Waals surface area (Å²) in [6, 6.07) is 0. The third-order valence-corrected chi connectivity index (χ3v) is 1.38. The Morgan fingerprint density at radius 3 is 2.29 bits per heavy atom. The van der Waals surface area contributed by atoms with Crippen LogP contribution in [0.15, 0.2) is 12.7 Å². The van der Waals surface area contributed by atoms with Crippen LogP contribution in [0.4, 0.5) is 0 Å². The molecule has 0 bridgehead atoms. The molecule has 1 atom stereocenters. The van der Waals surface area contributed by atoms with E-state index in [-0.39, 0.29) is 12.5 Å². The zero-order chi connectivity index (χ0) is 11.1. The third-order valence-electron chi connectivity index (χ3n) is 1.38. The van der Waals surface area contributed by atoms with Crippen LogP contribution in [0.1, 0.15) is 13.3 Å². The standard InChI is InChI=1S/C5H6O3.C4H6O2/c1-3-2-4(6)5(7)8-3;1-3-4(5)6-2/h3H,2H2,1H3;3H,1H2,2H3. The highest BCUT2D eigenvalue weighted by molar-refractivity contribution is 6.35. The maximum Gasteiger partial charge on any atom is 0.375 e. The molecule has 1 saturated heterocycles. The molecule has 1 heterocycles. The fraction of sp³-hybridized carbons (Fsp3) is 0.444. The number of hydrogen-bond acceptors (Lipinski definition) is 5. The molecule has 0 N–H and O–H groups in total. The summed E-state index contributed by atoms with van der Waals surface area (Å²) in [6.07, 6.45) is 1.16. The topological polar surface area (TPSA) is 69.7 Å². The van der Waals surface area contributed by atoms with Gasteiger partial charge in [0.2, 0.25) is 5.78 Å². The molecule has 1 rings (SSSR count). The molecule has 0 spiro atoms. The van der Waals surface area contributed by atoms with Gasteiger partial charge in [0.15, 0.2) is 0 Å². The highest BCUT2D eigenvalue weighted by Crippen LogP contribution is 2.08. The van der Waals surface area contributed by atoms with E-state index in [1.54, 1.807) is 6.92 Å². The van der Waals surface area contributed by atoms with Gasteiger partial charge in [-0.2, -0.15) is 0 Å². The molecule has 0 aromatic rings. The van der Waals surface area contributed by atoms with Crippen molar-refractivity contribution in [2.75, 3.05) is 7.11 Å². The van der Waals surface area contributed by atoms with Crippen molar-refractivity contribution >= 4 is 17.7 Å². The van der Waals surface area contributed by atoms with Gasteiger partial charge in [-0.15, -0.1) is 0 Å². The van der Waals surface area contributed by atoms with E-state index in [0.717, 1.165) is 6.08 Å². The van der Waals surface area contributed by atoms with Crippen molar-refractivity contribution < 1.29 is 23.9 Å². The number of Topliss-reactive ketones (excluding diaryl/α,β-unsaturated/α-hetero) is 1. The zero-order valence-corrected chi connectivity index (χ0v) is 8.11. The van der Waals surface area contributed by atoms with Gasteiger partial charge in [-0.05, 0) is 6.92 Å². The average Bonchev–Trinajstić information content (AvgIpc) is 2.44. The minimum atomic E-state index is -0.683. The highest BCUT2D eigenvalue weighted by Gasteiger charge is 2.28. The summed E-state index contributed by atoms with van der Waals surface area (Å²) in [6.45, 7) is 4.85. The van der Waals surface area contributed by atoms with Gasteiger partial charge >= 0.3 is 11.9 Å². The molecule has 1 fully saturated rings. The van der Waals surface area contributed by atoms with Crippen LogP contribution in [0.25, 0.3) is 0 Å². The third kappa shape index (κ3) is 4.39. The molecule has 0 amide bonds. The van der Waals surface area contributed by atoms with E-state index in [9.17, 15) is 14.4 Å². The first kappa shape index (κ1) is 12.3. The minimum Gasteiger partial charge on any atom is -0.466 e. The second-order valence-corrected chi connectivity index (χ2v) is 2.57. The average molecular weight is 200 g/mol. The molecule has 1 aliphatic rings. The first-order valence-electron chi connectivity index (χ1n) is 3.95. The normalized spacial score (nSPS) is 19.1.